The topological polar surface area (TPSA) is 18.5 Å². The van der Waals surface area contributed by atoms with E-state index in [1.807, 2.05) is 0 Å². The van der Waals surface area contributed by atoms with Crippen molar-refractivity contribution >= 4 is 0 Å². The number of hydrogen-bond donors (Lipinski definition) is 0. The van der Waals surface area contributed by atoms with Crippen molar-refractivity contribution in [2.75, 3.05) is 6.61 Å². The van der Waals surface area contributed by atoms with Gasteiger partial charge in [-0.3, -0.25) is 0 Å². The molecule has 2 unspecified atom stereocenters. The van der Waals surface area contributed by atoms with E-state index in [0.717, 1.165) is 25.0 Å². The summed E-state index contributed by atoms with van der Waals surface area (Å²) >= 11 is 0. The average molecular weight is 413 g/mol. The molecule has 0 aromatic heterocycles. The van der Waals surface area contributed by atoms with E-state index in [1.54, 1.807) is 0 Å². The van der Waals surface area contributed by atoms with Crippen LogP contribution in [0.4, 0.5) is 0 Å². The van der Waals surface area contributed by atoms with Crippen LogP contribution < -0.4 is 4.74 Å². The molecule has 1 aliphatic carbocycles. The van der Waals surface area contributed by atoms with E-state index in [4.69, 9.17) is 9.47 Å². The van der Waals surface area contributed by atoms with Crippen molar-refractivity contribution in [1.82, 2.24) is 0 Å². The largest absolute Gasteiger partial charge is 0.465 e. The molecule has 168 valence electrons. The zero-order valence-electron chi connectivity index (χ0n) is 20.6. The van der Waals surface area contributed by atoms with Gasteiger partial charge in [0.05, 0.1) is 6.61 Å². The van der Waals surface area contributed by atoms with Gasteiger partial charge in [-0.1, -0.05) is 85.8 Å². The van der Waals surface area contributed by atoms with Gasteiger partial charge >= 0.3 is 0 Å². The first-order valence-corrected chi connectivity index (χ1v) is 11.7. The lowest BCUT2D eigenvalue weighted by Gasteiger charge is -2.33. The lowest BCUT2D eigenvalue weighted by Crippen LogP contribution is -2.27. The minimum atomic E-state index is -0.249. The highest BCUT2D eigenvalue weighted by Gasteiger charge is 2.27. The minimum Gasteiger partial charge on any atom is -0.465 e. The maximum Gasteiger partial charge on any atom is 0.200 e. The van der Waals surface area contributed by atoms with Crippen LogP contribution in [0.1, 0.15) is 92.6 Å². The fourth-order valence-corrected chi connectivity index (χ4v) is 3.99. The molecule has 1 aromatic carbocycles. The Kier molecular flexibility index (Phi) is 8.79. The standard InChI is InChI=1S/C28H44O2/c1-21(2)18-25(28(6,7)8)23-14-16-24(17-15-23)30-26(19-27(3,4)5)29-20-22-12-10-9-11-13-22/h10,12-17,21,25-26H,9,11,18-20H2,1-8H3. The van der Waals surface area contributed by atoms with Crippen molar-refractivity contribution in [3.63, 3.8) is 0 Å². The van der Waals surface area contributed by atoms with E-state index in [0.29, 0.717) is 18.4 Å². The molecule has 0 saturated carbocycles. The van der Waals surface area contributed by atoms with Crippen molar-refractivity contribution < 1.29 is 9.47 Å². The SMILES string of the molecule is CC(C)CC(c1ccc(OC(CC(C)(C)C)OCC2=CCCC=C2)cc1)C(C)(C)C. The predicted molar refractivity (Wildman–Crippen MR) is 129 cm³/mol. The molecule has 2 atom stereocenters. The Labute approximate surface area is 185 Å². The predicted octanol–water partition coefficient (Wildman–Crippen LogP) is 8.30. The van der Waals surface area contributed by atoms with Crippen LogP contribution in [-0.4, -0.2) is 12.9 Å². The molecular formula is C28H44O2. The van der Waals surface area contributed by atoms with Gasteiger partial charge in [0.25, 0.3) is 0 Å². The first kappa shape index (κ1) is 24.7. The molecular weight excluding hydrogens is 368 g/mol. The summed E-state index contributed by atoms with van der Waals surface area (Å²) < 4.78 is 12.5. The van der Waals surface area contributed by atoms with Gasteiger partial charge in [-0.05, 0) is 65.2 Å². The zero-order valence-corrected chi connectivity index (χ0v) is 20.6. The number of ether oxygens (including phenoxy) is 2. The van der Waals surface area contributed by atoms with E-state index in [1.165, 1.54) is 17.6 Å². The molecule has 0 spiro atoms. The summed E-state index contributed by atoms with van der Waals surface area (Å²) in [6.07, 6.45) is 10.7. The highest BCUT2D eigenvalue weighted by Crippen LogP contribution is 2.40. The monoisotopic (exact) mass is 412 g/mol. The van der Waals surface area contributed by atoms with E-state index >= 15 is 0 Å². The molecule has 0 bridgehead atoms. The summed E-state index contributed by atoms with van der Waals surface area (Å²) in [5.41, 5.74) is 3.03. The summed E-state index contributed by atoms with van der Waals surface area (Å²) in [6.45, 7) is 18.9. The normalized spacial score (nSPS) is 17.0. The van der Waals surface area contributed by atoms with Gasteiger partial charge < -0.3 is 9.47 Å². The Morgan fingerprint density at radius 1 is 0.933 bits per heavy atom. The molecule has 0 heterocycles. The summed E-state index contributed by atoms with van der Waals surface area (Å²) in [6, 6.07) is 8.72. The maximum atomic E-state index is 6.31. The molecule has 0 radical (unpaired) electrons. The van der Waals surface area contributed by atoms with Gasteiger partial charge in [0.2, 0.25) is 6.29 Å². The zero-order chi connectivity index (χ0) is 22.4. The third-order valence-corrected chi connectivity index (χ3v) is 5.59. The molecule has 0 saturated heterocycles. The molecule has 0 fully saturated rings. The van der Waals surface area contributed by atoms with Crippen molar-refractivity contribution in [2.45, 2.75) is 93.3 Å². The van der Waals surface area contributed by atoms with E-state index < -0.39 is 0 Å². The van der Waals surface area contributed by atoms with E-state index in [9.17, 15) is 0 Å². The number of benzene rings is 1. The maximum absolute atomic E-state index is 6.31. The summed E-state index contributed by atoms with van der Waals surface area (Å²) in [5.74, 6) is 2.11. The molecule has 30 heavy (non-hydrogen) atoms. The Morgan fingerprint density at radius 2 is 1.60 bits per heavy atom. The highest BCUT2D eigenvalue weighted by atomic mass is 16.7. The van der Waals surface area contributed by atoms with Crippen LogP contribution >= 0.6 is 0 Å². The van der Waals surface area contributed by atoms with Crippen LogP contribution in [0.25, 0.3) is 0 Å². The molecule has 1 aromatic rings. The van der Waals surface area contributed by atoms with Gasteiger partial charge in [-0.2, -0.15) is 0 Å². The average Bonchev–Trinajstić information content (AvgIpc) is 2.64. The third kappa shape index (κ3) is 8.68. The summed E-state index contributed by atoms with van der Waals surface area (Å²) in [7, 11) is 0. The second-order valence-electron chi connectivity index (χ2n) is 11.5. The molecule has 2 heteroatoms. The molecule has 2 rings (SSSR count). The van der Waals surface area contributed by atoms with Crippen LogP contribution in [0, 0.1) is 16.7 Å². The quantitative estimate of drug-likeness (QED) is 0.380. The van der Waals surface area contributed by atoms with Gasteiger partial charge in [0.1, 0.15) is 5.75 Å². The smallest absolute Gasteiger partial charge is 0.200 e. The fraction of sp³-hybridized carbons (Fsp3) is 0.643. The van der Waals surface area contributed by atoms with Crippen LogP contribution in [0.15, 0.2) is 48.1 Å². The van der Waals surface area contributed by atoms with Gasteiger partial charge in [0, 0.05) is 6.42 Å². The van der Waals surface area contributed by atoms with Crippen LogP contribution in [0.5, 0.6) is 5.75 Å². The molecule has 1 aliphatic rings. The third-order valence-electron chi connectivity index (χ3n) is 5.59. The lowest BCUT2D eigenvalue weighted by molar-refractivity contribution is -0.0913. The molecule has 0 aliphatic heterocycles. The first-order valence-electron chi connectivity index (χ1n) is 11.7. The second kappa shape index (κ2) is 10.7. The van der Waals surface area contributed by atoms with Crippen molar-refractivity contribution in [3.8, 4) is 5.75 Å². The highest BCUT2D eigenvalue weighted by molar-refractivity contribution is 5.30. The molecule has 0 amide bonds. The molecule has 2 nitrogen and oxygen atoms in total. The summed E-state index contributed by atoms with van der Waals surface area (Å²) in [4.78, 5) is 0. The lowest BCUT2D eigenvalue weighted by atomic mass is 9.72. The number of rotatable bonds is 9. The first-order chi connectivity index (χ1) is 13.9. The molecule has 0 N–H and O–H groups in total. The van der Waals surface area contributed by atoms with Crippen LogP contribution in [0.2, 0.25) is 0 Å². The Morgan fingerprint density at radius 3 is 2.10 bits per heavy atom. The summed E-state index contributed by atoms with van der Waals surface area (Å²) in [5, 5.41) is 0. The fourth-order valence-electron chi connectivity index (χ4n) is 3.99. The van der Waals surface area contributed by atoms with Crippen LogP contribution in [0.3, 0.4) is 0 Å². The second-order valence-corrected chi connectivity index (χ2v) is 11.5. The minimum absolute atomic E-state index is 0.135. The van der Waals surface area contributed by atoms with Gasteiger partial charge in [-0.25, -0.2) is 0 Å². The van der Waals surface area contributed by atoms with E-state index in [2.05, 4.69) is 97.9 Å². The number of hydrogen-bond acceptors (Lipinski definition) is 2. The van der Waals surface area contributed by atoms with Crippen molar-refractivity contribution in [3.05, 3.63) is 53.6 Å². The van der Waals surface area contributed by atoms with Gasteiger partial charge in [0.15, 0.2) is 0 Å². The Bertz CT molecular complexity index is 696. The van der Waals surface area contributed by atoms with Crippen LogP contribution in [-0.2, 0) is 4.74 Å². The van der Waals surface area contributed by atoms with Crippen molar-refractivity contribution in [2.24, 2.45) is 16.7 Å². The van der Waals surface area contributed by atoms with Gasteiger partial charge in [-0.15, -0.1) is 0 Å². The Balaban J connectivity index is 2.09. The van der Waals surface area contributed by atoms with E-state index in [-0.39, 0.29) is 17.1 Å². The van der Waals surface area contributed by atoms with Crippen molar-refractivity contribution in [1.29, 1.82) is 0 Å². The number of allylic oxidation sites excluding steroid dienone is 2. The Hall–Kier alpha value is -1.54.